The van der Waals surface area contributed by atoms with E-state index in [9.17, 15) is 8.78 Å². The Labute approximate surface area is 136 Å². The number of hydrogen-bond acceptors (Lipinski definition) is 0. The Morgan fingerprint density at radius 3 is 2.30 bits per heavy atom. The SMILES string of the molecule is CCCCc1ccc2cc3cc(CCC)c(F)c(F)c3cc2c1. The molecule has 120 valence electrons. The van der Waals surface area contributed by atoms with E-state index in [-0.39, 0.29) is 0 Å². The number of fused-ring (bicyclic) bond motifs is 2. The summed E-state index contributed by atoms with van der Waals surface area (Å²) < 4.78 is 28.6. The number of benzene rings is 3. The van der Waals surface area contributed by atoms with Crippen LogP contribution in [0.1, 0.15) is 44.2 Å². The number of halogens is 2. The van der Waals surface area contributed by atoms with Gasteiger partial charge in [-0.2, -0.15) is 0 Å². The van der Waals surface area contributed by atoms with Crippen molar-refractivity contribution in [2.75, 3.05) is 0 Å². The van der Waals surface area contributed by atoms with E-state index < -0.39 is 11.6 Å². The lowest BCUT2D eigenvalue weighted by Crippen LogP contribution is -1.96. The molecule has 0 spiro atoms. The van der Waals surface area contributed by atoms with Gasteiger partial charge < -0.3 is 0 Å². The van der Waals surface area contributed by atoms with Crippen molar-refractivity contribution in [1.29, 1.82) is 0 Å². The fourth-order valence-corrected chi connectivity index (χ4v) is 3.17. The molecule has 23 heavy (non-hydrogen) atoms. The van der Waals surface area contributed by atoms with Crippen LogP contribution in [0.2, 0.25) is 0 Å². The minimum absolute atomic E-state index is 0.377. The largest absolute Gasteiger partial charge is 0.203 e. The highest BCUT2D eigenvalue weighted by atomic mass is 19.2. The minimum Gasteiger partial charge on any atom is -0.203 e. The molecule has 0 aromatic heterocycles. The fraction of sp³-hybridized carbons (Fsp3) is 0.333. The summed E-state index contributed by atoms with van der Waals surface area (Å²) in [7, 11) is 0. The molecule has 0 aliphatic carbocycles. The van der Waals surface area contributed by atoms with Gasteiger partial charge in [-0.15, -0.1) is 0 Å². The van der Waals surface area contributed by atoms with Crippen LogP contribution in [0.4, 0.5) is 8.78 Å². The second kappa shape index (κ2) is 6.66. The molecule has 0 N–H and O–H groups in total. The van der Waals surface area contributed by atoms with Crippen LogP contribution in [0.5, 0.6) is 0 Å². The van der Waals surface area contributed by atoms with Crippen molar-refractivity contribution in [3.8, 4) is 0 Å². The van der Waals surface area contributed by atoms with Crippen molar-refractivity contribution in [3.63, 3.8) is 0 Å². The molecule has 3 aromatic rings. The maximum atomic E-state index is 14.4. The fourth-order valence-electron chi connectivity index (χ4n) is 3.17. The van der Waals surface area contributed by atoms with Crippen LogP contribution < -0.4 is 0 Å². The van der Waals surface area contributed by atoms with Crippen LogP contribution in [0.25, 0.3) is 21.5 Å². The first-order valence-electron chi connectivity index (χ1n) is 8.47. The van der Waals surface area contributed by atoms with E-state index in [1.807, 2.05) is 13.0 Å². The van der Waals surface area contributed by atoms with Crippen LogP contribution in [0.3, 0.4) is 0 Å². The highest BCUT2D eigenvalue weighted by Crippen LogP contribution is 2.29. The van der Waals surface area contributed by atoms with Crippen LogP contribution in [-0.2, 0) is 12.8 Å². The summed E-state index contributed by atoms with van der Waals surface area (Å²) in [4.78, 5) is 0. The molecule has 0 aliphatic rings. The van der Waals surface area contributed by atoms with Crippen molar-refractivity contribution in [1.82, 2.24) is 0 Å². The number of hydrogen-bond donors (Lipinski definition) is 0. The molecular formula is C21H22F2. The number of aryl methyl sites for hydroxylation is 2. The van der Waals surface area contributed by atoms with Crippen molar-refractivity contribution in [2.24, 2.45) is 0 Å². The first kappa shape index (κ1) is 15.9. The summed E-state index contributed by atoms with van der Waals surface area (Å²) >= 11 is 0. The van der Waals surface area contributed by atoms with Gasteiger partial charge in [-0.05, 0) is 64.7 Å². The van der Waals surface area contributed by atoms with Crippen LogP contribution >= 0.6 is 0 Å². The van der Waals surface area contributed by atoms with E-state index in [4.69, 9.17) is 0 Å². The Morgan fingerprint density at radius 2 is 1.57 bits per heavy atom. The Morgan fingerprint density at radius 1 is 0.739 bits per heavy atom. The molecule has 0 saturated heterocycles. The highest BCUT2D eigenvalue weighted by molar-refractivity contribution is 5.99. The lowest BCUT2D eigenvalue weighted by molar-refractivity contribution is 0.506. The van der Waals surface area contributed by atoms with Crippen molar-refractivity contribution >= 4 is 21.5 Å². The van der Waals surface area contributed by atoms with Gasteiger partial charge in [-0.3, -0.25) is 0 Å². The van der Waals surface area contributed by atoms with E-state index in [0.717, 1.165) is 41.8 Å². The molecular weight excluding hydrogens is 290 g/mol. The zero-order valence-electron chi connectivity index (χ0n) is 13.8. The smallest absolute Gasteiger partial charge is 0.166 e. The van der Waals surface area contributed by atoms with Gasteiger partial charge in [0.2, 0.25) is 0 Å². The molecule has 0 saturated carbocycles. The molecule has 0 nitrogen and oxygen atoms in total. The van der Waals surface area contributed by atoms with Crippen LogP contribution in [-0.4, -0.2) is 0 Å². The Balaban J connectivity index is 2.16. The summed E-state index contributed by atoms with van der Waals surface area (Å²) in [5.74, 6) is -1.41. The highest BCUT2D eigenvalue weighted by Gasteiger charge is 2.13. The predicted molar refractivity (Wildman–Crippen MR) is 94.0 cm³/mol. The van der Waals surface area contributed by atoms with E-state index in [1.165, 1.54) is 5.56 Å². The molecule has 0 aliphatic heterocycles. The first-order chi connectivity index (χ1) is 11.1. The predicted octanol–water partition coefficient (Wildman–Crippen LogP) is 6.57. The summed E-state index contributed by atoms with van der Waals surface area (Å²) in [6.45, 7) is 4.14. The third-order valence-corrected chi connectivity index (χ3v) is 4.45. The Kier molecular flexibility index (Phi) is 4.61. The molecule has 0 radical (unpaired) electrons. The monoisotopic (exact) mass is 312 g/mol. The molecule has 0 heterocycles. The second-order valence-corrected chi connectivity index (χ2v) is 6.27. The third kappa shape index (κ3) is 3.08. The van der Waals surface area contributed by atoms with Crippen LogP contribution in [0, 0.1) is 11.6 Å². The Bertz CT molecular complexity index is 849. The van der Waals surface area contributed by atoms with E-state index in [2.05, 4.69) is 25.1 Å². The van der Waals surface area contributed by atoms with Gasteiger partial charge in [0.05, 0.1) is 0 Å². The molecule has 3 aromatic carbocycles. The molecule has 0 fully saturated rings. The topological polar surface area (TPSA) is 0 Å². The van der Waals surface area contributed by atoms with Crippen molar-refractivity contribution in [3.05, 3.63) is 59.2 Å². The van der Waals surface area contributed by atoms with E-state index in [1.54, 1.807) is 12.1 Å². The summed E-state index contributed by atoms with van der Waals surface area (Å²) in [5, 5.41) is 3.21. The normalized spacial score (nSPS) is 11.5. The average Bonchev–Trinajstić information content (AvgIpc) is 2.56. The van der Waals surface area contributed by atoms with Gasteiger partial charge in [0.1, 0.15) is 0 Å². The van der Waals surface area contributed by atoms with Gasteiger partial charge in [-0.1, -0.05) is 44.9 Å². The van der Waals surface area contributed by atoms with Gasteiger partial charge in [0.15, 0.2) is 11.6 Å². The number of unbranched alkanes of at least 4 members (excludes halogenated alkanes) is 1. The summed E-state index contributed by atoms with van der Waals surface area (Å²) in [6, 6.07) is 11.9. The van der Waals surface area contributed by atoms with Crippen molar-refractivity contribution in [2.45, 2.75) is 46.0 Å². The van der Waals surface area contributed by atoms with Gasteiger partial charge in [0, 0.05) is 5.39 Å². The summed E-state index contributed by atoms with van der Waals surface area (Å²) in [5.41, 5.74) is 1.72. The molecule has 2 heteroatoms. The second-order valence-electron chi connectivity index (χ2n) is 6.27. The zero-order valence-corrected chi connectivity index (χ0v) is 13.8. The molecule has 3 rings (SSSR count). The standard InChI is InChI=1S/C21H22F2/c1-3-5-7-14-8-9-15-11-18-12-16(6-4-2)20(22)21(23)19(18)13-17(15)10-14/h8-13H,3-7H2,1-2H3. The maximum absolute atomic E-state index is 14.4. The molecule has 0 bridgehead atoms. The maximum Gasteiger partial charge on any atom is 0.166 e. The van der Waals surface area contributed by atoms with Crippen molar-refractivity contribution < 1.29 is 8.78 Å². The zero-order chi connectivity index (χ0) is 16.4. The lowest BCUT2D eigenvalue weighted by Gasteiger charge is -2.10. The van der Waals surface area contributed by atoms with E-state index in [0.29, 0.717) is 17.4 Å². The third-order valence-electron chi connectivity index (χ3n) is 4.45. The molecule has 0 unspecified atom stereocenters. The molecule has 0 atom stereocenters. The van der Waals surface area contributed by atoms with Crippen LogP contribution in [0.15, 0.2) is 36.4 Å². The molecule has 0 amide bonds. The minimum atomic E-state index is -0.716. The van der Waals surface area contributed by atoms with E-state index >= 15 is 0 Å². The quantitative estimate of drug-likeness (QED) is 0.468. The Hall–Kier alpha value is -1.96. The van der Waals surface area contributed by atoms with Gasteiger partial charge >= 0.3 is 0 Å². The average molecular weight is 312 g/mol. The van der Waals surface area contributed by atoms with Gasteiger partial charge in [0.25, 0.3) is 0 Å². The van der Waals surface area contributed by atoms with Gasteiger partial charge in [-0.25, -0.2) is 8.78 Å². The lowest BCUT2D eigenvalue weighted by atomic mass is 9.97. The number of rotatable bonds is 5. The summed E-state index contributed by atoms with van der Waals surface area (Å²) in [6.07, 6.45) is 4.68. The first-order valence-corrected chi connectivity index (χ1v) is 8.47.